The van der Waals surface area contributed by atoms with Crippen molar-refractivity contribution in [3.05, 3.63) is 58.6 Å². The van der Waals surface area contributed by atoms with E-state index in [1.165, 1.54) is 24.3 Å². The molecule has 3 aliphatic rings. The van der Waals surface area contributed by atoms with E-state index >= 15 is 0 Å². The molecule has 5 N–H and O–H groups in total. The summed E-state index contributed by atoms with van der Waals surface area (Å²) in [5.41, 5.74) is 0.436. The summed E-state index contributed by atoms with van der Waals surface area (Å²) in [6.45, 7) is 8.70. The summed E-state index contributed by atoms with van der Waals surface area (Å²) in [6, 6.07) is 11.7. The maximum absolute atomic E-state index is 13.8. The first-order valence-electron chi connectivity index (χ1n) is 19.3. The molecule has 58 heavy (non-hydrogen) atoms. The van der Waals surface area contributed by atoms with Gasteiger partial charge in [0.05, 0.1) is 26.9 Å². The average molecular weight is 830 g/mol. The standard InChI is InChI=1S/C41H51NO15S/c1-20-7-6-15-41(5)28(57-41)18-26(23-10-13-27-25(17-23)42-21(2)58-27)54-29(43)14-16-40(3,4)36(48)33(47)34(20)56-39(51)52-19-22-8-11-24(12-9-22)53-38-32(46)30(44)31(45)35(55-38)37(49)50/h8-13,17,20,26,28,30-35,38,44-47H,6-7,14-16,18-19H2,1-5H3,(H,49,50)/t20-,26-,28-,30-,31-,32+,33+,34-,35-,38+,41+/m0/s1. The van der Waals surface area contributed by atoms with Crippen LogP contribution in [0, 0.1) is 18.3 Å². The number of cyclic esters (lactones) is 1. The second-order valence-corrected chi connectivity index (χ2v) is 17.5. The van der Waals surface area contributed by atoms with Crippen LogP contribution in [0.5, 0.6) is 5.75 Å². The van der Waals surface area contributed by atoms with E-state index < -0.39 is 89.8 Å². The quantitative estimate of drug-likeness (QED) is 0.165. The summed E-state index contributed by atoms with van der Waals surface area (Å²) in [5.74, 6) is -3.02. The molecule has 17 heteroatoms. The lowest BCUT2D eigenvalue weighted by Gasteiger charge is -2.38. The lowest BCUT2D eigenvalue weighted by molar-refractivity contribution is -0.271. The number of hydrogen-bond donors (Lipinski definition) is 5. The first-order chi connectivity index (χ1) is 27.3. The van der Waals surface area contributed by atoms with Gasteiger partial charge in [-0.15, -0.1) is 11.3 Å². The van der Waals surface area contributed by atoms with E-state index in [1.54, 1.807) is 32.1 Å². The Morgan fingerprint density at radius 1 is 0.983 bits per heavy atom. The Balaban J connectivity index is 1.09. The number of carboxylic acids is 1. The van der Waals surface area contributed by atoms with E-state index in [2.05, 4.69) is 4.98 Å². The molecule has 0 amide bonds. The predicted molar refractivity (Wildman–Crippen MR) is 205 cm³/mol. The molecule has 16 nitrogen and oxygen atoms in total. The number of epoxide rings is 1. The van der Waals surface area contributed by atoms with E-state index in [0.717, 1.165) is 20.8 Å². The minimum atomic E-state index is -1.87. The molecule has 316 valence electrons. The van der Waals surface area contributed by atoms with Crippen LogP contribution in [0.2, 0.25) is 0 Å². The monoisotopic (exact) mass is 829 g/mol. The number of aliphatic hydroxyl groups is 4. The van der Waals surface area contributed by atoms with Crippen LogP contribution in [-0.4, -0.2) is 109 Å². The fourth-order valence-corrected chi connectivity index (χ4v) is 8.29. The SMILES string of the molecule is Cc1nc2cc([C@@H]3C[C@@H]4O[C@]4(C)CCC[C@H](C)[C@H](OC(=O)OCc4ccc(O[C@@H]5O[C@H](C(=O)O)[C@@H](O)[C@H](O)[C@H]5O)cc4)[C@@H](O)C(=O)C(C)(C)CCC(=O)O3)ccc2s1. The van der Waals surface area contributed by atoms with Gasteiger partial charge in [0.15, 0.2) is 11.9 Å². The molecule has 3 aliphatic heterocycles. The third-order valence-electron chi connectivity index (χ3n) is 11.3. The maximum atomic E-state index is 13.8. The van der Waals surface area contributed by atoms with Crippen molar-refractivity contribution in [2.45, 2.75) is 140 Å². The highest BCUT2D eigenvalue weighted by Crippen LogP contribution is 2.47. The number of ketones is 1. The zero-order valence-corrected chi connectivity index (χ0v) is 33.8. The van der Waals surface area contributed by atoms with Gasteiger partial charge in [-0.25, -0.2) is 14.6 Å². The molecule has 1 aromatic heterocycles. The van der Waals surface area contributed by atoms with Crippen LogP contribution >= 0.6 is 11.3 Å². The number of esters is 1. The zero-order valence-electron chi connectivity index (χ0n) is 32.9. The second kappa shape index (κ2) is 17.6. The minimum Gasteiger partial charge on any atom is -0.479 e. The Morgan fingerprint density at radius 2 is 1.71 bits per heavy atom. The largest absolute Gasteiger partial charge is 0.508 e. The number of benzene rings is 2. The molecule has 0 saturated carbocycles. The number of nitrogens with zero attached hydrogens (tertiary/aromatic N) is 1. The number of thiazole rings is 1. The average Bonchev–Trinajstić information content (AvgIpc) is 3.65. The number of carboxylic acid groups (broad SMARTS) is 1. The summed E-state index contributed by atoms with van der Waals surface area (Å²) in [5, 5.41) is 51.9. The highest BCUT2D eigenvalue weighted by atomic mass is 32.1. The van der Waals surface area contributed by atoms with E-state index in [4.69, 9.17) is 28.4 Å². The molecule has 3 fully saturated rings. The van der Waals surface area contributed by atoms with Gasteiger partial charge >= 0.3 is 18.1 Å². The molecule has 6 rings (SSSR count). The van der Waals surface area contributed by atoms with E-state index in [-0.39, 0.29) is 31.3 Å². The smallest absolute Gasteiger partial charge is 0.479 e. The van der Waals surface area contributed by atoms with Gasteiger partial charge in [0, 0.05) is 18.3 Å². The van der Waals surface area contributed by atoms with Gasteiger partial charge in [0.25, 0.3) is 0 Å². The second-order valence-electron chi connectivity index (χ2n) is 16.3. The Morgan fingerprint density at radius 3 is 2.41 bits per heavy atom. The lowest BCUT2D eigenvalue weighted by Crippen LogP contribution is -2.61. The Hall–Kier alpha value is -4.23. The van der Waals surface area contributed by atoms with Gasteiger partial charge < -0.3 is 54.0 Å². The van der Waals surface area contributed by atoms with Gasteiger partial charge in [-0.2, -0.15) is 0 Å². The number of ether oxygens (including phenoxy) is 6. The Bertz CT molecular complexity index is 1970. The van der Waals surface area contributed by atoms with Crippen LogP contribution in [0.4, 0.5) is 4.79 Å². The van der Waals surface area contributed by atoms with Crippen molar-refractivity contribution in [2.24, 2.45) is 11.3 Å². The van der Waals surface area contributed by atoms with Crippen molar-refractivity contribution in [2.75, 3.05) is 0 Å². The number of carbonyl (C=O) groups is 4. The number of aliphatic carboxylic acids is 1. The molecule has 2 aromatic carbocycles. The van der Waals surface area contributed by atoms with Gasteiger partial charge in [-0.1, -0.05) is 45.4 Å². The summed E-state index contributed by atoms with van der Waals surface area (Å²) < 4.78 is 34.9. The normalized spacial score (nSPS) is 33.4. The van der Waals surface area contributed by atoms with Crippen LogP contribution in [0.1, 0.15) is 88.5 Å². The molecular weight excluding hydrogens is 779 g/mol. The number of aryl methyl sites for hydroxylation is 1. The summed E-state index contributed by atoms with van der Waals surface area (Å²) >= 11 is 1.59. The Labute approximate surface area is 339 Å². The molecule has 3 aromatic rings. The number of Topliss-reactive ketones (excluding diaryl/α,β-unsaturated/α-hetero) is 1. The molecule has 0 bridgehead atoms. The van der Waals surface area contributed by atoms with Crippen molar-refractivity contribution in [3.63, 3.8) is 0 Å². The van der Waals surface area contributed by atoms with Crippen LogP contribution < -0.4 is 4.74 Å². The summed E-state index contributed by atoms with van der Waals surface area (Å²) in [6.07, 6.45) is -11.6. The topological polar surface area (TPSA) is 241 Å². The highest BCUT2D eigenvalue weighted by Gasteiger charge is 2.53. The van der Waals surface area contributed by atoms with Gasteiger partial charge in [0.2, 0.25) is 6.29 Å². The number of hydrogen-bond acceptors (Lipinski definition) is 16. The van der Waals surface area contributed by atoms with Crippen molar-refractivity contribution in [3.8, 4) is 5.75 Å². The predicted octanol–water partition coefficient (Wildman–Crippen LogP) is 4.29. The number of aromatic nitrogens is 1. The first kappa shape index (κ1) is 43.4. The number of carbonyl (C=O) groups excluding carboxylic acids is 3. The molecule has 0 spiro atoms. The van der Waals surface area contributed by atoms with Crippen LogP contribution in [-0.2, 0) is 44.7 Å². The Kier molecular flexibility index (Phi) is 13.1. The number of aliphatic hydroxyl groups excluding tert-OH is 4. The van der Waals surface area contributed by atoms with Crippen LogP contribution in [0.3, 0.4) is 0 Å². The first-order valence-corrected chi connectivity index (χ1v) is 20.1. The lowest BCUT2D eigenvalue weighted by atomic mass is 9.77. The molecular formula is C41H51NO15S. The molecule has 3 saturated heterocycles. The molecule has 0 aliphatic carbocycles. The number of rotatable bonds is 7. The van der Waals surface area contributed by atoms with Crippen LogP contribution in [0.25, 0.3) is 10.2 Å². The van der Waals surface area contributed by atoms with Crippen molar-refractivity contribution in [1.29, 1.82) is 0 Å². The minimum absolute atomic E-state index is 0.0656. The summed E-state index contributed by atoms with van der Waals surface area (Å²) in [4.78, 5) is 56.2. The molecule has 4 heterocycles. The maximum Gasteiger partial charge on any atom is 0.508 e. The van der Waals surface area contributed by atoms with E-state index in [9.17, 15) is 44.7 Å². The third-order valence-corrected chi connectivity index (χ3v) is 12.3. The van der Waals surface area contributed by atoms with Gasteiger partial charge in [-0.3, -0.25) is 9.59 Å². The van der Waals surface area contributed by atoms with E-state index in [0.29, 0.717) is 31.2 Å². The number of fused-ring (bicyclic) bond motifs is 2. The third kappa shape index (κ3) is 9.96. The summed E-state index contributed by atoms with van der Waals surface area (Å²) in [7, 11) is 0. The zero-order chi connectivity index (χ0) is 42.1. The van der Waals surface area contributed by atoms with Crippen molar-refractivity contribution in [1.82, 2.24) is 4.98 Å². The van der Waals surface area contributed by atoms with Crippen molar-refractivity contribution < 1.29 is 73.1 Å². The van der Waals surface area contributed by atoms with Crippen LogP contribution in [0.15, 0.2) is 42.5 Å². The molecule has 11 atom stereocenters. The van der Waals surface area contributed by atoms with E-state index in [1.807, 2.05) is 32.0 Å². The fourth-order valence-electron chi connectivity index (χ4n) is 7.49. The fraction of sp³-hybridized carbons (Fsp3) is 0.585. The molecule has 0 unspecified atom stereocenters. The van der Waals surface area contributed by atoms with Crippen molar-refractivity contribution >= 4 is 45.4 Å². The van der Waals surface area contributed by atoms with Gasteiger partial charge in [0.1, 0.15) is 49.0 Å². The van der Waals surface area contributed by atoms with Gasteiger partial charge in [-0.05, 0) is 74.4 Å². The molecule has 0 radical (unpaired) electrons. The highest BCUT2D eigenvalue weighted by molar-refractivity contribution is 7.18.